The quantitative estimate of drug-likeness (QED) is 0.275. The van der Waals surface area contributed by atoms with Crippen molar-refractivity contribution >= 4 is 29.2 Å². The highest BCUT2D eigenvalue weighted by Gasteiger charge is 2.33. The summed E-state index contributed by atoms with van der Waals surface area (Å²) in [4.78, 5) is 43.4. The summed E-state index contributed by atoms with van der Waals surface area (Å²) in [6, 6.07) is 11.3. The molecule has 1 unspecified atom stereocenters. The minimum Gasteiger partial charge on any atom is -0.478 e. The molecular weight excluding hydrogens is 525 g/mol. The molecular formula is C26H20ClF3N4O4. The molecule has 3 N–H and O–H groups in total. The van der Waals surface area contributed by atoms with Crippen molar-refractivity contribution in [2.75, 3.05) is 5.32 Å². The number of H-pyrrole nitrogens is 1. The highest BCUT2D eigenvalue weighted by Crippen LogP contribution is 2.32. The fraction of sp³-hybridized carbons (Fsp3) is 0.154. The zero-order valence-electron chi connectivity index (χ0n) is 19.7. The summed E-state index contributed by atoms with van der Waals surface area (Å²) < 4.78 is 40.4. The minimum atomic E-state index is -4.62. The molecule has 0 radical (unpaired) electrons. The van der Waals surface area contributed by atoms with Crippen LogP contribution in [-0.4, -0.2) is 31.5 Å². The number of anilines is 1. The number of rotatable bonds is 7. The number of benzene rings is 2. The van der Waals surface area contributed by atoms with Crippen LogP contribution in [0.3, 0.4) is 0 Å². The zero-order valence-corrected chi connectivity index (χ0v) is 20.5. The third-order valence-electron chi connectivity index (χ3n) is 5.84. The van der Waals surface area contributed by atoms with Crippen molar-refractivity contribution in [3.05, 3.63) is 99.3 Å². The third kappa shape index (κ3) is 5.62. The van der Waals surface area contributed by atoms with Crippen molar-refractivity contribution in [2.45, 2.75) is 25.4 Å². The number of carboxylic acid groups (broad SMARTS) is 1. The fourth-order valence-electron chi connectivity index (χ4n) is 3.93. The molecule has 4 aromatic rings. The van der Waals surface area contributed by atoms with E-state index >= 15 is 0 Å². The lowest BCUT2D eigenvalue weighted by Gasteiger charge is -2.16. The lowest BCUT2D eigenvalue weighted by molar-refractivity contribution is -0.140. The number of carboxylic acids is 1. The maximum atomic E-state index is 13.1. The number of halogens is 4. The second kappa shape index (κ2) is 10.5. The van der Waals surface area contributed by atoms with E-state index in [4.69, 9.17) is 16.7 Å². The van der Waals surface area contributed by atoms with Crippen molar-refractivity contribution < 1.29 is 27.9 Å². The van der Waals surface area contributed by atoms with Crippen molar-refractivity contribution in [3.63, 3.8) is 0 Å². The third-order valence-corrected chi connectivity index (χ3v) is 6.08. The molecule has 1 atom stereocenters. The largest absolute Gasteiger partial charge is 0.478 e. The predicted octanol–water partition coefficient (Wildman–Crippen LogP) is 5.73. The molecule has 0 saturated carbocycles. The van der Waals surface area contributed by atoms with Gasteiger partial charge in [-0.05, 0) is 48.9 Å². The van der Waals surface area contributed by atoms with Crippen molar-refractivity contribution in [1.82, 2.24) is 14.5 Å². The summed E-state index contributed by atoms with van der Waals surface area (Å²) >= 11 is 6.14. The maximum absolute atomic E-state index is 13.1. The Morgan fingerprint density at radius 2 is 1.87 bits per heavy atom. The number of amides is 1. The molecule has 38 heavy (non-hydrogen) atoms. The van der Waals surface area contributed by atoms with Gasteiger partial charge in [0, 0.05) is 40.3 Å². The number of hydrogen-bond acceptors (Lipinski definition) is 4. The number of aromatic carboxylic acids is 1. The molecule has 12 heteroatoms. The van der Waals surface area contributed by atoms with E-state index in [1.807, 2.05) is 0 Å². The molecule has 196 valence electrons. The smallest absolute Gasteiger partial charge is 0.434 e. The number of aromatic amines is 1. The standard InChI is InChI=1S/C26H20ClF3N4O4/c1-2-17(24(36)33-16-6-3-14(4-7-16)25(37)38)19-11-31-20(10-22(19)35)18-9-15(27)5-8-21(18)34-12-23(32-13-34)26(28,29)30/h3-13,17H,2H2,1H3,(H,31,35)(H,33,36)(H,37,38). The van der Waals surface area contributed by atoms with E-state index < -0.39 is 35.1 Å². The van der Waals surface area contributed by atoms with Gasteiger partial charge in [0.05, 0.1) is 29.2 Å². The first-order chi connectivity index (χ1) is 18.0. The van der Waals surface area contributed by atoms with Crippen LogP contribution in [0.4, 0.5) is 18.9 Å². The van der Waals surface area contributed by atoms with Gasteiger partial charge in [-0.2, -0.15) is 13.2 Å². The van der Waals surface area contributed by atoms with Crippen LogP contribution in [0, 0.1) is 0 Å². The Morgan fingerprint density at radius 3 is 2.45 bits per heavy atom. The zero-order chi connectivity index (χ0) is 27.6. The topological polar surface area (TPSA) is 117 Å². The fourth-order valence-corrected chi connectivity index (χ4v) is 4.10. The minimum absolute atomic E-state index is 0.0628. The second-order valence-corrected chi connectivity index (χ2v) is 8.76. The van der Waals surface area contributed by atoms with E-state index in [0.29, 0.717) is 28.4 Å². The van der Waals surface area contributed by atoms with E-state index in [0.717, 1.165) is 12.5 Å². The van der Waals surface area contributed by atoms with Gasteiger partial charge >= 0.3 is 12.1 Å². The Balaban J connectivity index is 1.64. The van der Waals surface area contributed by atoms with Crippen molar-refractivity contribution in [3.8, 4) is 16.9 Å². The van der Waals surface area contributed by atoms with Crippen LogP contribution in [0.2, 0.25) is 5.02 Å². The average Bonchev–Trinajstić information content (AvgIpc) is 3.36. The molecule has 0 aliphatic heterocycles. The lowest BCUT2D eigenvalue weighted by Crippen LogP contribution is -2.25. The van der Waals surface area contributed by atoms with Gasteiger partial charge in [0.1, 0.15) is 0 Å². The van der Waals surface area contributed by atoms with Crippen LogP contribution in [0.15, 0.2) is 72.0 Å². The Hall–Kier alpha value is -4.38. The summed E-state index contributed by atoms with van der Waals surface area (Å²) in [6.07, 6.45) is -1.10. The molecule has 0 fully saturated rings. The van der Waals surface area contributed by atoms with Crippen LogP contribution < -0.4 is 10.7 Å². The van der Waals surface area contributed by atoms with E-state index in [1.165, 1.54) is 59.3 Å². The molecule has 0 spiro atoms. The van der Waals surface area contributed by atoms with Gasteiger partial charge in [0.15, 0.2) is 11.1 Å². The number of hydrogen-bond donors (Lipinski definition) is 3. The first-order valence-electron chi connectivity index (χ1n) is 11.3. The molecule has 0 saturated heterocycles. The molecule has 2 aromatic carbocycles. The van der Waals surface area contributed by atoms with Gasteiger partial charge < -0.3 is 20.0 Å². The first-order valence-corrected chi connectivity index (χ1v) is 11.6. The number of pyridine rings is 1. The summed E-state index contributed by atoms with van der Waals surface area (Å²) in [7, 11) is 0. The number of carbonyl (C=O) groups is 2. The maximum Gasteiger partial charge on any atom is 0.434 e. The SMILES string of the molecule is CCC(C(=O)Nc1ccc(C(=O)O)cc1)c1c[nH]c(-c2cc(Cl)ccc2-n2cnc(C(F)(F)F)c2)cc1=O. The number of imidazole rings is 1. The lowest BCUT2D eigenvalue weighted by atomic mass is 9.95. The number of aromatic nitrogens is 3. The van der Waals surface area contributed by atoms with Crippen LogP contribution >= 0.6 is 11.6 Å². The molecule has 2 aromatic heterocycles. The second-order valence-electron chi connectivity index (χ2n) is 8.32. The predicted molar refractivity (Wildman–Crippen MR) is 135 cm³/mol. The van der Waals surface area contributed by atoms with Crippen LogP contribution in [0.5, 0.6) is 0 Å². The van der Waals surface area contributed by atoms with Crippen molar-refractivity contribution in [2.24, 2.45) is 0 Å². The van der Waals surface area contributed by atoms with Crippen molar-refractivity contribution in [1.29, 1.82) is 0 Å². The van der Waals surface area contributed by atoms with Crippen LogP contribution in [-0.2, 0) is 11.0 Å². The highest BCUT2D eigenvalue weighted by atomic mass is 35.5. The van der Waals surface area contributed by atoms with Gasteiger partial charge in [0.2, 0.25) is 5.91 Å². The van der Waals surface area contributed by atoms with Gasteiger partial charge in [-0.1, -0.05) is 18.5 Å². The Kier molecular flexibility index (Phi) is 7.40. The van der Waals surface area contributed by atoms with E-state index in [1.54, 1.807) is 6.92 Å². The highest BCUT2D eigenvalue weighted by molar-refractivity contribution is 6.31. The van der Waals surface area contributed by atoms with Gasteiger partial charge in [-0.25, -0.2) is 9.78 Å². The molecule has 0 aliphatic rings. The van der Waals surface area contributed by atoms with Crippen LogP contribution in [0.1, 0.15) is 40.9 Å². The Morgan fingerprint density at radius 1 is 1.16 bits per heavy atom. The van der Waals surface area contributed by atoms with Gasteiger partial charge in [0.25, 0.3) is 0 Å². The molecule has 0 aliphatic carbocycles. The monoisotopic (exact) mass is 544 g/mol. The number of alkyl halides is 3. The number of nitrogens with one attached hydrogen (secondary N) is 2. The van der Waals surface area contributed by atoms with E-state index in [-0.39, 0.29) is 16.8 Å². The Bertz CT molecular complexity index is 1560. The summed E-state index contributed by atoms with van der Waals surface area (Å²) in [6.45, 7) is 1.73. The number of nitrogens with zero attached hydrogens (tertiary/aromatic N) is 2. The molecule has 4 rings (SSSR count). The van der Waals surface area contributed by atoms with Gasteiger partial charge in [-0.3, -0.25) is 9.59 Å². The van der Waals surface area contributed by atoms with Crippen LogP contribution in [0.25, 0.3) is 16.9 Å². The van der Waals surface area contributed by atoms with E-state index in [2.05, 4.69) is 15.3 Å². The number of carbonyl (C=O) groups excluding carboxylic acids is 1. The van der Waals surface area contributed by atoms with Gasteiger partial charge in [-0.15, -0.1) is 0 Å². The molecule has 0 bridgehead atoms. The first kappa shape index (κ1) is 26.7. The molecule has 1 amide bonds. The average molecular weight is 545 g/mol. The summed E-state index contributed by atoms with van der Waals surface area (Å²) in [5.74, 6) is -2.39. The summed E-state index contributed by atoms with van der Waals surface area (Å²) in [5.41, 5.74) is 0.00532. The Labute approximate surface area is 218 Å². The summed E-state index contributed by atoms with van der Waals surface area (Å²) in [5, 5.41) is 12.0. The normalized spacial score (nSPS) is 12.2. The van der Waals surface area contributed by atoms with E-state index in [9.17, 15) is 27.6 Å². The molecule has 2 heterocycles. The molecule has 8 nitrogen and oxygen atoms in total.